The van der Waals surface area contributed by atoms with Crippen LogP contribution in [0.15, 0.2) is 23.2 Å². The summed E-state index contributed by atoms with van der Waals surface area (Å²) in [5, 5.41) is 17.6. The topological polar surface area (TPSA) is 111 Å². The molecule has 1 atom stereocenters. The number of carboxylic acid groups (broad SMARTS) is 1. The number of nitriles is 1. The van der Waals surface area contributed by atoms with Crippen molar-refractivity contribution in [2.75, 3.05) is 6.54 Å². The molecule has 1 unspecified atom stereocenters. The van der Waals surface area contributed by atoms with Gasteiger partial charge in [-0.3, -0.25) is 4.79 Å². The highest BCUT2D eigenvalue weighted by atomic mass is 32.2. The summed E-state index contributed by atoms with van der Waals surface area (Å²) >= 11 is 0. The Kier molecular flexibility index (Phi) is 4.55. The monoisotopic (exact) mass is 309 g/mol. The van der Waals surface area contributed by atoms with E-state index in [1.807, 2.05) is 6.07 Å². The summed E-state index contributed by atoms with van der Waals surface area (Å²) < 4.78 is 26.4. The van der Waals surface area contributed by atoms with Crippen molar-refractivity contribution in [1.82, 2.24) is 9.29 Å². The van der Waals surface area contributed by atoms with Gasteiger partial charge in [-0.25, -0.2) is 13.4 Å². The molecule has 1 aromatic rings. The molecule has 2 rings (SSSR count). The lowest BCUT2D eigenvalue weighted by atomic mass is 10.0. The fourth-order valence-electron chi connectivity index (χ4n) is 2.43. The molecule has 1 aliphatic heterocycles. The second kappa shape index (κ2) is 6.20. The first-order valence-corrected chi connectivity index (χ1v) is 7.99. The van der Waals surface area contributed by atoms with E-state index >= 15 is 0 Å². The molecule has 1 fully saturated rings. The Labute approximate surface area is 122 Å². The molecule has 0 aromatic carbocycles. The summed E-state index contributed by atoms with van der Waals surface area (Å²) in [6, 6.07) is 3.96. The molecule has 0 amide bonds. The van der Waals surface area contributed by atoms with Crippen LogP contribution in [0.4, 0.5) is 0 Å². The fraction of sp³-hybridized carbons (Fsp3) is 0.462. The van der Waals surface area contributed by atoms with Crippen molar-refractivity contribution in [1.29, 1.82) is 5.26 Å². The SMILES string of the molecule is N#Cc1ccc(S(=O)(=O)N2CCCCC2CC(=O)O)cn1. The number of rotatable bonds is 4. The molecular weight excluding hydrogens is 294 g/mol. The molecule has 1 saturated heterocycles. The van der Waals surface area contributed by atoms with Gasteiger partial charge >= 0.3 is 5.97 Å². The van der Waals surface area contributed by atoms with Gasteiger partial charge in [0.25, 0.3) is 0 Å². The van der Waals surface area contributed by atoms with Crippen molar-refractivity contribution in [3.8, 4) is 6.07 Å². The number of sulfonamides is 1. The third-order valence-corrected chi connectivity index (χ3v) is 5.38. The van der Waals surface area contributed by atoms with Crippen LogP contribution in [0.25, 0.3) is 0 Å². The van der Waals surface area contributed by atoms with Crippen LogP contribution >= 0.6 is 0 Å². The maximum Gasteiger partial charge on any atom is 0.304 e. The van der Waals surface area contributed by atoms with Gasteiger partial charge in [-0.15, -0.1) is 0 Å². The Morgan fingerprint density at radius 2 is 2.24 bits per heavy atom. The highest BCUT2D eigenvalue weighted by Crippen LogP contribution is 2.26. The van der Waals surface area contributed by atoms with E-state index in [9.17, 15) is 13.2 Å². The fourth-order valence-corrected chi connectivity index (χ4v) is 4.07. The van der Waals surface area contributed by atoms with Gasteiger partial charge in [0, 0.05) is 18.8 Å². The van der Waals surface area contributed by atoms with Crippen molar-refractivity contribution in [2.24, 2.45) is 0 Å². The molecule has 0 aliphatic carbocycles. The minimum atomic E-state index is -3.78. The van der Waals surface area contributed by atoms with E-state index in [1.165, 1.54) is 16.4 Å². The van der Waals surface area contributed by atoms with E-state index < -0.39 is 22.0 Å². The molecule has 0 saturated carbocycles. The van der Waals surface area contributed by atoms with Crippen LogP contribution in [0.1, 0.15) is 31.4 Å². The number of nitrogens with zero attached hydrogens (tertiary/aromatic N) is 3. The highest BCUT2D eigenvalue weighted by Gasteiger charge is 2.34. The lowest BCUT2D eigenvalue weighted by Gasteiger charge is -2.33. The highest BCUT2D eigenvalue weighted by molar-refractivity contribution is 7.89. The number of piperidine rings is 1. The molecule has 0 radical (unpaired) electrons. The van der Waals surface area contributed by atoms with Crippen molar-refractivity contribution < 1.29 is 18.3 Å². The second-order valence-corrected chi connectivity index (χ2v) is 6.74. The number of aliphatic carboxylic acids is 1. The van der Waals surface area contributed by atoms with Crippen LogP contribution in [0.5, 0.6) is 0 Å². The smallest absolute Gasteiger partial charge is 0.304 e. The molecular formula is C13H15N3O4S. The molecule has 1 aromatic heterocycles. The number of carboxylic acids is 1. The van der Waals surface area contributed by atoms with E-state index in [0.29, 0.717) is 19.4 Å². The zero-order valence-corrected chi connectivity index (χ0v) is 12.1. The predicted molar refractivity (Wildman–Crippen MR) is 72.7 cm³/mol. The molecule has 0 bridgehead atoms. The minimum Gasteiger partial charge on any atom is -0.481 e. The minimum absolute atomic E-state index is 0.0150. The number of carbonyl (C=O) groups is 1. The van der Waals surface area contributed by atoms with Gasteiger partial charge in [0.1, 0.15) is 16.7 Å². The van der Waals surface area contributed by atoms with Gasteiger partial charge < -0.3 is 5.11 Å². The standard InChI is InChI=1S/C13H15N3O4S/c14-8-10-4-5-12(9-15-10)21(19,20)16-6-2-1-3-11(16)7-13(17)18/h4-5,9,11H,1-3,6-7H2,(H,17,18). The van der Waals surface area contributed by atoms with E-state index in [0.717, 1.165) is 12.6 Å². The van der Waals surface area contributed by atoms with Crippen LogP contribution in [0, 0.1) is 11.3 Å². The molecule has 112 valence electrons. The van der Waals surface area contributed by atoms with Crippen LogP contribution in [-0.4, -0.2) is 41.4 Å². The van der Waals surface area contributed by atoms with E-state index in [1.54, 1.807) is 0 Å². The molecule has 7 nitrogen and oxygen atoms in total. The van der Waals surface area contributed by atoms with Crippen molar-refractivity contribution in [2.45, 2.75) is 36.6 Å². The van der Waals surface area contributed by atoms with Crippen LogP contribution in [0.2, 0.25) is 0 Å². The summed E-state index contributed by atoms with van der Waals surface area (Å²) in [4.78, 5) is 14.6. The quantitative estimate of drug-likeness (QED) is 0.887. The molecule has 1 aliphatic rings. The van der Waals surface area contributed by atoms with Crippen molar-refractivity contribution in [3.63, 3.8) is 0 Å². The van der Waals surface area contributed by atoms with Crippen molar-refractivity contribution >= 4 is 16.0 Å². The first-order chi connectivity index (χ1) is 9.95. The van der Waals surface area contributed by atoms with E-state index in [4.69, 9.17) is 10.4 Å². The number of aromatic nitrogens is 1. The average molecular weight is 309 g/mol. The van der Waals surface area contributed by atoms with Gasteiger partial charge in [-0.1, -0.05) is 6.42 Å². The molecule has 0 spiro atoms. The van der Waals surface area contributed by atoms with Gasteiger partial charge in [0.2, 0.25) is 10.0 Å². The van der Waals surface area contributed by atoms with Gasteiger partial charge in [-0.2, -0.15) is 9.57 Å². The van der Waals surface area contributed by atoms with Crippen molar-refractivity contribution in [3.05, 3.63) is 24.0 Å². The zero-order chi connectivity index (χ0) is 15.5. The third kappa shape index (κ3) is 3.37. The first-order valence-electron chi connectivity index (χ1n) is 6.55. The second-order valence-electron chi connectivity index (χ2n) is 4.85. The van der Waals surface area contributed by atoms with Gasteiger partial charge in [0.15, 0.2) is 0 Å². The first kappa shape index (κ1) is 15.4. The number of pyridine rings is 1. The van der Waals surface area contributed by atoms with Gasteiger partial charge in [-0.05, 0) is 25.0 Å². The summed E-state index contributed by atoms with van der Waals surface area (Å²) in [6.07, 6.45) is 2.99. The Morgan fingerprint density at radius 3 is 2.81 bits per heavy atom. The molecule has 21 heavy (non-hydrogen) atoms. The molecule has 8 heteroatoms. The average Bonchev–Trinajstić information content (AvgIpc) is 2.47. The Bertz CT molecular complexity index is 664. The maximum atomic E-state index is 12.6. The third-order valence-electron chi connectivity index (χ3n) is 3.44. The largest absolute Gasteiger partial charge is 0.481 e. The predicted octanol–water partition coefficient (Wildman–Crippen LogP) is 0.971. The lowest BCUT2D eigenvalue weighted by Crippen LogP contribution is -2.44. The van der Waals surface area contributed by atoms with Crippen LogP contribution in [0.3, 0.4) is 0 Å². The summed E-state index contributed by atoms with van der Waals surface area (Å²) in [6.45, 7) is 0.306. The Morgan fingerprint density at radius 1 is 1.48 bits per heavy atom. The van der Waals surface area contributed by atoms with Crippen LogP contribution < -0.4 is 0 Å². The Balaban J connectivity index is 2.31. The maximum absolute atomic E-state index is 12.6. The lowest BCUT2D eigenvalue weighted by molar-refractivity contribution is -0.138. The Hall–Kier alpha value is -1.98. The summed E-state index contributed by atoms with van der Waals surface area (Å²) in [5.74, 6) is -1.01. The normalized spacial score (nSPS) is 19.9. The molecule has 1 N–H and O–H groups in total. The van der Waals surface area contributed by atoms with Gasteiger partial charge in [0.05, 0.1) is 6.42 Å². The van der Waals surface area contributed by atoms with Crippen LogP contribution in [-0.2, 0) is 14.8 Å². The summed E-state index contributed by atoms with van der Waals surface area (Å²) in [5.41, 5.74) is 0.134. The zero-order valence-electron chi connectivity index (χ0n) is 11.3. The summed E-state index contributed by atoms with van der Waals surface area (Å²) in [7, 11) is -3.78. The van der Waals surface area contributed by atoms with E-state index in [-0.39, 0.29) is 17.0 Å². The number of hydrogen-bond donors (Lipinski definition) is 1. The molecule has 2 heterocycles. The van der Waals surface area contributed by atoms with E-state index in [2.05, 4.69) is 4.98 Å². The number of hydrogen-bond acceptors (Lipinski definition) is 5.